The average Bonchev–Trinajstić information content (AvgIpc) is 2.77. The molecular weight excluding hydrogens is 479 g/mol. The first-order valence-electron chi connectivity index (χ1n) is 11.0. The zero-order chi connectivity index (χ0) is 25.1. The van der Waals surface area contributed by atoms with E-state index in [1.54, 1.807) is 36.4 Å². The number of anilines is 4. The molecule has 0 bridgehead atoms. The zero-order valence-corrected chi connectivity index (χ0v) is 20.6. The minimum Gasteiger partial charge on any atom is -0.326 e. The van der Waals surface area contributed by atoms with Crippen molar-refractivity contribution in [2.45, 2.75) is 52.4 Å². The number of benzene rings is 2. The second kappa shape index (κ2) is 13.6. The molecule has 0 heterocycles. The van der Waals surface area contributed by atoms with Crippen LogP contribution in [-0.2, 0) is 19.2 Å². The van der Waals surface area contributed by atoms with E-state index >= 15 is 0 Å². The molecule has 0 atom stereocenters. The van der Waals surface area contributed by atoms with Crippen molar-refractivity contribution in [2.24, 2.45) is 0 Å². The van der Waals surface area contributed by atoms with Gasteiger partial charge in [-0.15, -0.1) is 0 Å². The van der Waals surface area contributed by atoms with Crippen molar-refractivity contribution in [3.8, 4) is 0 Å². The van der Waals surface area contributed by atoms with E-state index in [0.29, 0.717) is 58.5 Å². The average molecular weight is 507 g/mol. The van der Waals surface area contributed by atoms with Crippen LogP contribution in [0.4, 0.5) is 22.7 Å². The van der Waals surface area contributed by atoms with Gasteiger partial charge in [-0.05, 0) is 49.2 Å². The van der Waals surface area contributed by atoms with Crippen molar-refractivity contribution >= 4 is 69.6 Å². The number of carbonyl (C=O) groups is 4. The summed E-state index contributed by atoms with van der Waals surface area (Å²) in [6.07, 6.45) is 2.01. The minimum absolute atomic E-state index is 0.0981. The lowest BCUT2D eigenvalue weighted by atomic mass is 10.2. The highest BCUT2D eigenvalue weighted by molar-refractivity contribution is 6.34. The van der Waals surface area contributed by atoms with Gasteiger partial charge in [-0.25, -0.2) is 0 Å². The van der Waals surface area contributed by atoms with E-state index in [1.807, 2.05) is 13.8 Å². The molecule has 0 spiro atoms. The fourth-order valence-corrected chi connectivity index (χ4v) is 3.28. The molecular formula is C24H28Cl2N4O4. The van der Waals surface area contributed by atoms with Gasteiger partial charge in [-0.1, -0.05) is 37.0 Å². The summed E-state index contributed by atoms with van der Waals surface area (Å²) in [6.45, 7) is 3.80. The molecule has 2 aromatic rings. The van der Waals surface area contributed by atoms with E-state index in [9.17, 15) is 19.2 Å². The molecule has 0 fully saturated rings. The van der Waals surface area contributed by atoms with Crippen LogP contribution in [0.1, 0.15) is 52.4 Å². The quantitative estimate of drug-likeness (QED) is 0.306. The molecule has 0 unspecified atom stereocenters. The maximum atomic E-state index is 12.4. The maximum absolute atomic E-state index is 12.4. The molecule has 0 saturated carbocycles. The second-order valence-corrected chi connectivity index (χ2v) is 8.40. The van der Waals surface area contributed by atoms with Crippen molar-refractivity contribution in [3.05, 3.63) is 46.4 Å². The smallest absolute Gasteiger partial charge is 0.224 e. The standard InChI is InChI=1S/C24H28Cl2N4O4/c1-3-5-21(31)27-15-7-9-17(25)19(13-15)29-23(33)11-12-24(34)30-20-14-16(8-10-18(20)26)28-22(32)6-4-2/h7-10,13-14H,3-6,11-12H2,1-2H3,(H,27,31)(H,28,32)(H,29,33)(H,30,34). The van der Waals surface area contributed by atoms with Gasteiger partial charge in [0.25, 0.3) is 0 Å². The number of nitrogens with one attached hydrogen (secondary N) is 4. The van der Waals surface area contributed by atoms with Crippen LogP contribution >= 0.6 is 23.2 Å². The molecule has 2 aromatic carbocycles. The summed E-state index contributed by atoms with van der Waals surface area (Å²) in [6, 6.07) is 9.54. The Morgan fingerprint density at radius 1 is 0.588 bits per heavy atom. The summed E-state index contributed by atoms with van der Waals surface area (Å²) in [5.41, 5.74) is 1.69. The normalized spacial score (nSPS) is 10.4. The summed E-state index contributed by atoms with van der Waals surface area (Å²) in [4.78, 5) is 48.3. The largest absolute Gasteiger partial charge is 0.326 e. The molecule has 0 radical (unpaired) electrons. The lowest BCUT2D eigenvalue weighted by Crippen LogP contribution is -2.18. The predicted molar refractivity (Wildman–Crippen MR) is 136 cm³/mol. The van der Waals surface area contributed by atoms with E-state index < -0.39 is 11.8 Å². The van der Waals surface area contributed by atoms with Crippen molar-refractivity contribution in [1.82, 2.24) is 0 Å². The van der Waals surface area contributed by atoms with E-state index in [-0.39, 0.29) is 24.7 Å². The molecule has 0 aliphatic rings. The Labute approximate surface area is 208 Å². The Morgan fingerprint density at radius 3 is 1.29 bits per heavy atom. The minimum atomic E-state index is -0.416. The number of amides is 4. The maximum Gasteiger partial charge on any atom is 0.224 e. The number of hydrogen-bond acceptors (Lipinski definition) is 4. The van der Waals surface area contributed by atoms with E-state index in [0.717, 1.165) is 0 Å². The Hall–Kier alpha value is -3.10. The van der Waals surface area contributed by atoms with Crippen molar-refractivity contribution in [2.75, 3.05) is 21.3 Å². The third-order valence-electron chi connectivity index (χ3n) is 4.58. The molecule has 182 valence electrons. The molecule has 2 rings (SSSR count). The first-order chi connectivity index (χ1) is 16.2. The Balaban J connectivity index is 1.91. The number of rotatable bonds is 11. The molecule has 34 heavy (non-hydrogen) atoms. The highest BCUT2D eigenvalue weighted by Crippen LogP contribution is 2.27. The van der Waals surface area contributed by atoms with Gasteiger partial charge in [0, 0.05) is 37.1 Å². The van der Waals surface area contributed by atoms with E-state index in [2.05, 4.69) is 21.3 Å². The van der Waals surface area contributed by atoms with Crippen LogP contribution in [0.25, 0.3) is 0 Å². The van der Waals surface area contributed by atoms with E-state index in [4.69, 9.17) is 23.2 Å². The fourth-order valence-electron chi connectivity index (χ4n) is 2.95. The van der Waals surface area contributed by atoms with Crippen molar-refractivity contribution in [1.29, 1.82) is 0 Å². The number of hydrogen-bond donors (Lipinski definition) is 4. The van der Waals surface area contributed by atoms with Gasteiger partial charge in [0.1, 0.15) is 0 Å². The zero-order valence-electron chi connectivity index (χ0n) is 19.1. The van der Waals surface area contributed by atoms with Crippen LogP contribution < -0.4 is 21.3 Å². The van der Waals surface area contributed by atoms with Gasteiger partial charge in [-0.3, -0.25) is 19.2 Å². The summed E-state index contributed by atoms with van der Waals surface area (Å²) in [5.74, 6) is -1.10. The van der Waals surface area contributed by atoms with Crippen LogP contribution in [0, 0.1) is 0 Å². The Bertz CT molecular complexity index is 976. The summed E-state index contributed by atoms with van der Waals surface area (Å²) >= 11 is 12.3. The molecule has 4 N–H and O–H groups in total. The van der Waals surface area contributed by atoms with E-state index in [1.165, 1.54) is 0 Å². The number of halogens is 2. The molecule has 10 heteroatoms. The monoisotopic (exact) mass is 506 g/mol. The second-order valence-electron chi connectivity index (χ2n) is 7.58. The fraction of sp³-hybridized carbons (Fsp3) is 0.333. The first-order valence-corrected chi connectivity index (χ1v) is 11.8. The van der Waals surface area contributed by atoms with Gasteiger partial charge >= 0.3 is 0 Å². The molecule has 0 aliphatic heterocycles. The Kier molecular flexibility index (Phi) is 10.8. The highest BCUT2D eigenvalue weighted by atomic mass is 35.5. The molecule has 0 aliphatic carbocycles. The molecule has 8 nitrogen and oxygen atoms in total. The van der Waals surface area contributed by atoms with Gasteiger partial charge in [0.05, 0.1) is 21.4 Å². The summed E-state index contributed by atoms with van der Waals surface area (Å²) in [5, 5.41) is 11.4. The summed E-state index contributed by atoms with van der Waals surface area (Å²) < 4.78 is 0. The van der Waals surface area contributed by atoms with Crippen LogP contribution in [0.15, 0.2) is 36.4 Å². The number of carbonyl (C=O) groups excluding carboxylic acids is 4. The molecule has 0 aromatic heterocycles. The molecule has 4 amide bonds. The molecule has 0 saturated heterocycles. The van der Waals surface area contributed by atoms with Crippen LogP contribution in [0.5, 0.6) is 0 Å². The SMILES string of the molecule is CCCC(=O)Nc1ccc(Cl)c(NC(=O)CCC(=O)Nc2cc(NC(=O)CCC)ccc2Cl)c1. The van der Waals surface area contributed by atoms with Crippen molar-refractivity contribution in [3.63, 3.8) is 0 Å². The van der Waals surface area contributed by atoms with Crippen LogP contribution in [-0.4, -0.2) is 23.6 Å². The van der Waals surface area contributed by atoms with Gasteiger partial charge in [-0.2, -0.15) is 0 Å². The lowest BCUT2D eigenvalue weighted by molar-refractivity contribution is -0.121. The van der Waals surface area contributed by atoms with Gasteiger partial charge in [0.2, 0.25) is 23.6 Å². The third kappa shape index (κ3) is 9.03. The highest BCUT2D eigenvalue weighted by Gasteiger charge is 2.13. The van der Waals surface area contributed by atoms with Gasteiger partial charge < -0.3 is 21.3 Å². The van der Waals surface area contributed by atoms with Crippen LogP contribution in [0.3, 0.4) is 0 Å². The predicted octanol–water partition coefficient (Wildman–Crippen LogP) is 5.83. The summed E-state index contributed by atoms with van der Waals surface area (Å²) in [7, 11) is 0. The Morgan fingerprint density at radius 2 is 0.941 bits per heavy atom. The third-order valence-corrected chi connectivity index (χ3v) is 5.24. The topological polar surface area (TPSA) is 116 Å². The van der Waals surface area contributed by atoms with Crippen molar-refractivity contribution < 1.29 is 19.2 Å². The van der Waals surface area contributed by atoms with Gasteiger partial charge in [0.15, 0.2) is 0 Å². The lowest BCUT2D eigenvalue weighted by Gasteiger charge is -2.12. The van der Waals surface area contributed by atoms with Crippen LogP contribution in [0.2, 0.25) is 10.0 Å². The first kappa shape index (κ1) is 27.1.